The van der Waals surface area contributed by atoms with Crippen molar-refractivity contribution in [2.24, 2.45) is 0 Å². The Balaban J connectivity index is 1.38. The molecule has 1 heterocycles. The van der Waals surface area contributed by atoms with Crippen molar-refractivity contribution in [1.29, 1.82) is 0 Å². The molecule has 4 nitrogen and oxygen atoms in total. The molecule has 4 aromatic rings. The third kappa shape index (κ3) is 4.90. The van der Waals surface area contributed by atoms with E-state index in [0.717, 1.165) is 47.7 Å². The summed E-state index contributed by atoms with van der Waals surface area (Å²) in [5, 5.41) is 0.647. The van der Waals surface area contributed by atoms with Gasteiger partial charge in [0, 0.05) is 6.54 Å². The van der Waals surface area contributed by atoms with Gasteiger partial charge in [-0.15, -0.1) is 0 Å². The summed E-state index contributed by atoms with van der Waals surface area (Å²) in [6, 6.07) is 25.6. The first kappa shape index (κ1) is 19.3. The molecule has 5 heteroatoms. The van der Waals surface area contributed by atoms with Crippen molar-refractivity contribution in [3.05, 3.63) is 89.7 Å². The number of imidazole rings is 1. The molecule has 0 spiro atoms. The predicted molar refractivity (Wildman–Crippen MR) is 117 cm³/mol. The molecule has 0 bridgehead atoms. The Morgan fingerprint density at radius 1 is 0.793 bits per heavy atom. The number of hydrogen-bond donors (Lipinski definition) is 0. The average Bonchev–Trinajstić information content (AvgIpc) is 3.11. The van der Waals surface area contributed by atoms with E-state index < -0.39 is 0 Å². The van der Waals surface area contributed by atoms with E-state index in [-0.39, 0.29) is 0 Å². The third-order valence-corrected chi connectivity index (χ3v) is 5.03. The number of aryl methyl sites for hydroxylation is 1. The highest BCUT2D eigenvalue weighted by molar-refractivity contribution is 6.32. The normalized spacial score (nSPS) is 10.9. The molecule has 0 fully saturated rings. The maximum atomic E-state index is 6.14. The number of para-hydroxylation sites is 4. The van der Waals surface area contributed by atoms with Crippen molar-refractivity contribution in [2.75, 3.05) is 6.61 Å². The Labute approximate surface area is 175 Å². The summed E-state index contributed by atoms with van der Waals surface area (Å²) in [7, 11) is 0. The van der Waals surface area contributed by atoms with E-state index in [4.69, 9.17) is 26.1 Å². The SMILES string of the molecule is Clc1ccccc1OCCCCn1c(COc2ccccc2)nc2ccccc21. The van der Waals surface area contributed by atoms with E-state index >= 15 is 0 Å². The number of hydrogen-bond acceptors (Lipinski definition) is 3. The van der Waals surface area contributed by atoms with Crippen LogP contribution in [0.4, 0.5) is 0 Å². The van der Waals surface area contributed by atoms with Crippen molar-refractivity contribution in [1.82, 2.24) is 9.55 Å². The highest BCUT2D eigenvalue weighted by atomic mass is 35.5. The van der Waals surface area contributed by atoms with Gasteiger partial charge >= 0.3 is 0 Å². The number of nitrogens with zero attached hydrogens (tertiary/aromatic N) is 2. The van der Waals surface area contributed by atoms with Crippen molar-refractivity contribution < 1.29 is 9.47 Å². The molecule has 0 aliphatic heterocycles. The summed E-state index contributed by atoms with van der Waals surface area (Å²) < 4.78 is 14.0. The van der Waals surface area contributed by atoms with Gasteiger partial charge in [0.2, 0.25) is 0 Å². The van der Waals surface area contributed by atoms with Gasteiger partial charge in [-0.1, -0.05) is 54.1 Å². The largest absolute Gasteiger partial charge is 0.492 e. The van der Waals surface area contributed by atoms with E-state index in [1.807, 2.05) is 72.8 Å². The quantitative estimate of drug-likeness (QED) is 0.314. The number of fused-ring (bicyclic) bond motifs is 1. The maximum absolute atomic E-state index is 6.14. The Morgan fingerprint density at radius 3 is 2.41 bits per heavy atom. The Hall–Kier alpha value is -2.98. The third-order valence-electron chi connectivity index (χ3n) is 4.72. The van der Waals surface area contributed by atoms with E-state index in [0.29, 0.717) is 18.2 Å². The van der Waals surface area contributed by atoms with Gasteiger partial charge < -0.3 is 14.0 Å². The standard InChI is InChI=1S/C24H23ClN2O2/c25-20-12-4-7-15-23(20)28-17-9-8-16-27-22-14-6-5-13-21(22)26-24(27)18-29-19-10-2-1-3-11-19/h1-7,10-15H,8-9,16-18H2. The molecule has 0 saturated heterocycles. The van der Waals surface area contributed by atoms with Crippen LogP contribution in [0.2, 0.25) is 5.02 Å². The Morgan fingerprint density at radius 2 is 1.55 bits per heavy atom. The molecule has 0 aliphatic rings. The van der Waals surface area contributed by atoms with Crippen molar-refractivity contribution >= 4 is 22.6 Å². The van der Waals surface area contributed by atoms with Crippen molar-refractivity contribution in [3.63, 3.8) is 0 Å². The monoisotopic (exact) mass is 406 g/mol. The number of rotatable bonds is 9. The predicted octanol–water partition coefficient (Wildman–Crippen LogP) is 6.13. The number of aromatic nitrogens is 2. The summed E-state index contributed by atoms with van der Waals surface area (Å²) in [4.78, 5) is 4.78. The molecule has 0 saturated carbocycles. The van der Waals surface area contributed by atoms with Gasteiger partial charge in [0.25, 0.3) is 0 Å². The second kappa shape index (κ2) is 9.48. The van der Waals surface area contributed by atoms with E-state index in [1.165, 1.54) is 0 Å². The summed E-state index contributed by atoms with van der Waals surface area (Å²) in [6.07, 6.45) is 1.90. The van der Waals surface area contributed by atoms with Gasteiger partial charge in [0.15, 0.2) is 0 Å². The van der Waals surface area contributed by atoms with Crippen molar-refractivity contribution in [2.45, 2.75) is 26.0 Å². The lowest BCUT2D eigenvalue weighted by atomic mass is 10.3. The van der Waals surface area contributed by atoms with Crippen LogP contribution in [0.25, 0.3) is 11.0 Å². The van der Waals surface area contributed by atoms with Crippen LogP contribution in [0.5, 0.6) is 11.5 Å². The van der Waals surface area contributed by atoms with Gasteiger partial charge in [0.05, 0.1) is 22.7 Å². The molecule has 29 heavy (non-hydrogen) atoms. The Bertz CT molecular complexity index is 1060. The van der Waals surface area contributed by atoms with Gasteiger partial charge in [-0.05, 0) is 49.2 Å². The first-order chi connectivity index (χ1) is 14.3. The summed E-state index contributed by atoms with van der Waals surface area (Å²) in [5.41, 5.74) is 2.12. The number of halogens is 1. The van der Waals surface area contributed by atoms with Gasteiger partial charge in [-0.25, -0.2) is 4.98 Å². The molecule has 0 unspecified atom stereocenters. The molecule has 1 aromatic heterocycles. The smallest absolute Gasteiger partial charge is 0.147 e. The maximum Gasteiger partial charge on any atom is 0.147 e. The second-order valence-electron chi connectivity index (χ2n) is 6.76. The fourth-order valence-electron chi connectivity index (χ4n) is 3.27. The van der Waals surface area contributed by atoms with Crippen LogP contribution < -0.4 is 9.47 Å². The van der Waals surface area contributed by atoms with Crippen LogP contribution in [0, 0.1) is 0 Å². The lowest BCUT2D eigenvalue weighted by molar-refractivity contribution is 0.285. The molecule has 3 aromatic carbocycles. The molecule has 0 atom stereocenters. The number of unbranched alkanes of at least 4 members (excludes halogenated alkanes) is 1. The summed E-state index contributed by atoms with van der Waals surface area (Å²) in [5.74, 6) is 2.51. The van der Waals surface area contributed by atoms with Crippen LogP contribution in [-0.4, -0.2) is 16.2 Å². The fourth-order valence-corrected chi connectivity index (χ4v) is 3.46. The zero-order valence-corrected chi connectivity index (χ0v) is 16.9. The highest BCUT2D eigenvalue weighted by Crippen LogP contribution is 2.23. The van der Waals surface area contributed by atoms with E-state index in [9.17, 15) is 0 Å². The second-order valence-corrected chi connectivity index (χ2v) is 7.16. The molecule has 0 aliphatic carbocycles. The summed E-state index contributed by atoms with van der Waals surface area (Å²) >= 11 is 6.14. The van der Waals surface area contributed by atoms with Gasteiger partial charge in [-0.2, -0.15) is 0 Å². The van der Waals surface area contributed by atoms with Crippen LogP contribution in [-0.2, 0) is 13.2 Å². The number of ether oxygens (including phenoxy) is 2. The number of benzene rings is 3. The zero-order chi connectivity index (χ0) is 19.9. The molecule has 0 radical (unpaired) electrons. The molecule has 0 N–H and O–H groups in total. The van der Waals surface area contributed by atoms with Gasteiger partial charge in [-0.3, -0.25) is 0 Å². The minimum absolute atomic E-state index is 0.439. The molecular formula is C24H23ClN2O2. The van der Waals surface area contributed by atoms with Crippen LogP contribution in [0.1, 0.15) is 18.7 Å². The summed E-state index contributed by atoms with van der Waals surface area (Å²) in [6.45, 7) is 1.93. The minimum Gasteiger partial charge on any atom is -0.492 e. The highest BCUT2D eigenvalue weighted by Gasteiger charge is 2.11. The van der Waals surface area contributed by atoms with E-state index in [1.54, 1.807) is 0 Å². The van der Waals surface area contributed by atoms with Crippen LogP contribution in [0.3, 0.4) is 0 Å². The molecule has 148 valence electrons. The minimum atomic E-state index is 0.439. The van der Waals surface area contributed by atoms with Crippen LogP contribution in [0.15, 0.2) is 78.9 Å². The lowest BCUT2D eigenvalue weighted by Crippen LogP contribution is -2.09. The van der Waals surface area contributed by atoms with E-state index in [2.05, 4.69) is 10.6 Å². The topological polar surface area (TPSA) is 36.3 Å². The van der Waals surface area contributed by atoms with Crippen molar-refractivity contribution in [3.8, 4) is 11.5 Å². The molecular weight excluding hydrogens is 384 g/mol. The molecule has 4 rings (SSSR count). The van der Waals surface area contributed by atoms with Crippen LogP contribution >= 0.6 is 11.6 Å². The van der Waals surface area contributed by atoms with Gasteiger partial charge in [0.1, 0.15) is 23.9 Å². The first-order valence-electron chi connectivity index (χ1n) is 9.80. The first-order valence-corrected chi connectivity index (χ1v) is 10.2. The average molecular weight is 407 g/mol. The Kier molecular flexibility index (Phi) is 6.32. The fraction of sp³-hybridized carbons (Fsp3) is 0.208. The lowest BCUT2D eigenvalue weighted by Gasteiger charge is -2.11. The molecule has 0 amide bonds. The zero-order valence-electron chi connectivity index (χ0n) is 16.1.